The van der Waals surface area contributed by atoms with Gasteiger partial charge in [0, 0.05) is 17.8 Å². The highest BCUT2D eigenvalue weighted by molar-refractivity contribution is 6.18. The number of nitrogens with zero attached hydrogens (tertiary/aromatic N) is 2. The summed E-state index contributed by atoms with van der Waals surface area (Å²) in [5, 5.41) is 3.42. The Morgan fingerprint density at radius 2 is 1.94 bits per heavy atom. The molecule has 0 atom stereocenters. The van der Waals surface area contributed by atoms with E-state index in [0.29, 0.717) is 0 Å². The molecule has 2 rings (SSSR count). The zero-order chi connectivity index (χ0) is 13.0. The van der Waals surface area contributed by atoms with Gasteiger partial charge in [-0.25, -0.2) is 4.98 Å². The maximum atomic E-state index is 6.18. The molecule has 18 heavy (non-hydrogen) atoms. The quantitative estimate of drug-likeness (QED) is 0.846. The van der Waals surface area contributed by atoms with Crippen LogP contribution in [0.4, 0.5) is 5.82 Å². The molecular formula is C14H22ClN3. The minimum Gasteiger partial charge on any atom is -0.368 e. The van der Waals surface area contributed by atoms with Gasteiger partial charge in [-0.15, -0.1) is 11.6 Å². The van der Waals surface area contributed by atoms with Crippen LogP contribution in [-0.4, -0.2) is 22.4 Å². The Balaban J connectivity index is 1.98. The smallest absolute Gasteiger partial charge is 0.144 e. The van der Waals surface area contributed by atoms with Gasteiger partial charge in [-0.1, -0.05) is 19.3 Å². The summed E-state index contributed by atoms with van der Waals surface area (Å²) in [5.41, 5.74) is 2.23. The molecule has 0 spiro atoms. The molecule has 100 valence electrons. The van der Waals surface area contributed by atoms with Crippen molar-refractivity contribution in [2.24, 2.45) is 5.41 Å². The molecule has 0 amide bonds. The van der Waals surface area contributed by atoms with Crippen molar-refractivity contribution in [1.82, 2.24) is 9.97 Å². The number of aromatic nitrogens is 2. The molecule has 1 aromatic rings. The second kappa shape index (κ2) is 5.87. The molecule has 1 saturated carbocycles. The van der Waals surface area contributed by atoms with E-state index in [-0.39, 0.29) is 5.41 Å². The van der Waals surface area contributed by atoms with Gasteiger partial charge < -0.3 is 5.32 Å². The van der Waals surface area contributed by atoms with Gasteiger partial charge in [-0.3, -0.25) is 4.98 Å². The molecular weight excluding hydrogens is 246 g/mol. The molecule has 1 aliphatic rings. The Morgan fingerprint density at radius 1 is 1.22 bits per heavy atom. The minimum absolute atomic E-state index is 0.250. The molecule has 3 nitrogen and oxygen atoms in total. The van der Waals surface area contributed by atoms with Crippen LogP contribution in [0.1, 0.15) is 43.5 Å². The van der Waals surface area contributed by atoms with E-state index in [2.05, 4.69) is 15.3 Å². The van der Waals surface area contributed by atoms with Crippen molar-refractivity contribution in [2.75, 3.05) is 17.7 Å². The highest BCUT2D eigenvalue weighted by Crippen LogP contribution is 2.37. The number of halogens is 1. The first-order chi connectivity index (χ1) is 8.65. The standard InChI is InChI=1S/C14H22ClN3/c1-11-12(2)18-13(8-16-11)17-10-14(9-15)6-4-3-5-7-14/h8H,3-7,9-10H2,1-2H3,(H,17,18). The number of alkyl halides is 1. The molecule has 4 heteroatoms. The molecule has 0 bridgehead atoms. The molecule has 0 aromatic carbocycles. The summed E-state index contributed by atoms with van der Waals surface area (Å²) in [6.07, 6.45) is 8.21. The van der Waals surface area contributed by atoms with Gasteiger partial charge in [0.15, 0.2) is 0 Å². The molecule has 0 unspecified atom stereocenters. The highest BCUT2D eigenvalue weighted by Gasteiger charge is 2.31. The normalized spacial score (nSPS) is 18.6. The van der Waals surface area contributed by atoms with E-state index in [0.717, 1.165) is 29.6 Å². The van der Waals surface area contributed by atoms with Crippen LogP contribution in [-0.2, 0) is 0 Å². The number of hydrogen-bond donors (Lipinski definition) is 1. The molecule has 1 fully saturated rings. The molecule has 0 saturated heterocycles. The Labute approximate surface area is 114 Å². The van der Waals surface area contributed by atoms with Crippen LogP contribution in [0.5, 0.6) is 0 Å². The second-order valence-corrected chi connectivity index (χ2v) is 5.74. The van der Waals surface area contributed by atoms with E-state index in [4.69, 9.17) is 11.6 Å². The maximum Gasteiger partial charge on any atom is 0.144 e. The van der Waals surface area contributed by atoms with Gasteiger partial charge in [0.2, 0.25) is 0 Å². The van der Waals surface area contributed by atoms with Crippen molar-refractivity contribution >= 4 is 17.4 Å². The van der Waals surface area contributed by atoms with Crippen molar-refractivity contribution in [2.45, 2.75) is 46.0 Å². The van der Waals surface area contributed by atoms with Crippen LogP contribution >= 0.6 is 11.6 Å². The molecule has 0 radical (unpaired) electrons. The average Bonchev–Trinajstić information content (AvgIpc) is 2.41. The van der Waals surface area contributed by atoms with Crippen LogP contribution in [0, 0.1) is 19.3 Å². The van der Waals surface area contributed by atoms with Crippen molar-refractivity contribution < 1.29 is 0 Å². The summed E-state index contributed by atoms with van der Waals surface area (Å²) in [5.74, 6) is 1.60. The van der Waals surface area contributed by atoms with E-state index < -0.39 is 0 Å². The van der Waals surface area contributed by atoms with Crippen LogP contribution in [0.25, 0.3) is 0 Å². The van der Waals surface area contributed by atoms with E-state index in [9.17, 15) is 0 Å². The Kier molecular flexibility index (Phi) is 4.44. The van der Waals surface area contributed by atoms with Gasteiger partial charge in [0.25, 0.3) is 0 Å². The van der Waals surface area contributed by atoms with Gasteiger partial charge in [0.1, 0.15) is 5.82 Å². The first-order valence-electron chi connectivity index (χ1n) is 6.75. The lowest BCUT2D eigenvalue weighted by Gasteiger charge is -2.35. The van der Waals surface area contributed by atoms with E-state index in [1.165, 1.54) is 32.1 Å². The van der Waals surface area contributed by atoms with Gasteiger partial charge in [0.05, 0.1) is 17.6 Å². The van der Waals surface area contributed by atoms with Gasteiger partial charge in [-0.05, 0) is 26.7 Å². The Hall–Kier alpha value is -0.830. The fraction of sp³-hybridized carbons (Fsp3) is 0.714. The zero-order valence-electron chi connectivity index (χ0n) is 11.3. The van der Waals surface area contributed by atoms with Gasteiger partial charge >= 0.3 is 0 Å². The Bertz CT molecular complexity index is 400. The van der Waals surface area contributed by atoms with Crippen LogP contribution in [0.15, 0.2) is 6.20 Å². The number of aryl methyl sites for hydroxylation is 2. The summed E-state index contributed by atoms with van der Waals surface area (Å²) >= 11 is 6.18. The Morgan fingerprint density at radius 3 is 2.56 bits per heavy atom. The molecule has 1 aliphatic carbocycles. The zero-order valence-corrected chi connectivity index (χ0v) is 12.1. The third-order valence-corrected chi connectivity index (χ3v) is 4.60. The van der Waals surface area contributed by atoms with Gasteiger partial charge in [-0.2, -0.15) is 0 Å². The molecule has 1 N–H and O–H groups in total. The molecule has 1 aromatic heterocycles. The van der Waals surface area contributed by atoms with E-state index in [1.807, 2.05) is 20.0 Å². The maximum absolute atomic E-state index is 6.18. The number of anilines is 1. The lowest BCUT2D eigenvalue weighted by Crippen LogP contribution is -2.34. The third kappa shape index (κ3) is 3.14. The lowest BCUT2D eigenvalue weighted by molar-refractivity contribution is 0.238. The SMILES string of the molecule is Cc1ncc(NCC2(CCl)CCCCC2)nc1C. The minimum atomic E-state index is 0.250. The first-order valence-corrected chi connectivity index (χ1v) is 7.29. The molecule has 0 aliphatic heterocycles. The summed E-state index contributed by atoms with van der Waals surface area (Å²) < 4.78 is 0. The summed E-state index contributed by atoms with van der Waals surface area (Å²) in [6, 6.07) is 0. The van der Waals surface area contributed by atoms with Crippen molar-refractivity contribution in [1.29, 1.82) is 0 Å². The summed E-state index contributed by atoms with van der Waals surface area (Å²) in [6.45, 7) is 4.88. The summed E-state index contributed by atoms with van der Waals surface area (Å²) in [4.78, 5) is 8.84. The third-order valence-electron chi connectivity index (χ3n) is 4.03. The van der Waals surface area contributed by atoms with Crippen LogP contribution < -0.4 is 5.32 Å². The monoisotopic (exact) mass is 267 g/mol. The summed E-state index contributed by atoms with van der Waals surface area (Å²) in [7, 11) is 0. The predicted molar refractivity (Wildman–Crippen MR) is 76.2 cm³/mol. The number of nitrogens with one attached hydrogen (secondary N) is 1. The first kappa shape index (κ1) is 13.6. The van der Waals surface area contributed by atoms with E-state index in [1.54, 1.807) is 0 Å². The predicted octanol–water partition coefficient (Wildman–Crippen LogP) is 3.69. The molecule has 1 heterocycles. The average molecular weight is 268 g/mol. The number of hydrogen-bond acceptors (Lipinski definition) is 3. The fourth-order valence-corrected chi connectivity index (χ4v) is 2.93. The van der Waals surface area contributed by atoms with Crippen LogP contribution in [0.3, 0.4) is 0 Å². The topological polar surface area (TPSA) is 37.8 Å². The van der Waals surface area contributed by atoms with Crippen LogP contribution in [0.2, 0.25) is 0 Å². The lowest BCUT2D eigenvalue weighted by atomic mass is 9.75. The van der Waals surface area contributed by atoms with E-state index >= 15 is 0 Å². The highest BCUT2D eigenvalue weighted by atomic mass is 35.5. The van der Waals surface area contributed by atoms with Crippen molar-refractivity contribution in [3.63, 3.8) is 0 Å². The number of rotatable bonds is 4. The largest absolute Gasteiger partial charge is 0.368 e. The fourth-order valence-electron chi connectivity index (χ4n) is 2.56. The van der Waals surface area contributed by atoms with Crippen molar-refractivity contribution in [3.05, 3.63) is 17.6 Å². The second-order valence-electron chi connectivity index (χ2n) is 5.47. The van der Waals surface area contributed by atoms with Crippen molar-refractivity contribution in [3.8, 4) is 0 Å².